The lowest BCUT2D eigenvalue weighted by Gasteiger charge is -2.33. The highest BCUT2D eigenvalue weighted by atomic mass is 19.1. The van der Waals surface area contributed by atoms with Crippen molar-refractivity contribution in [3.63, 3.8) is 0 Å². The minimum absolute atomic E-state index is 0.0973. The van der Waals surface area contributed by atoms with Gasteiger partial charge in [-0.15, -0.1) is 0 Å². The zero-order chi connectivity index (χ0) is 28.1. The van der Waals surface area contributed by atoms with Gasteiger partial charge in [-0.25, -0.2) is 14.1 Å². The highest BCUT2D eigenvalue weighted by molar-refractivity contribution is 6.00. The third-order valence-corrected chi connectivity index (χ3v) is 7.43. The standard InChI is InChI=1S/C28H32FN7O3/c1-16(14-37)12-34-13-19(10-24(34)28(2,3)39)36-27(31-4)25(26(30)38)21(33-36)8-5-17-9-22-23(11-20(17)29)35(15-32-22)18-6-7-18/h9,11,14-15,18-19,24,31,39H,1,6-7,10,12-13H2,2-4H3,(H2,30,38)/t19-,24+/m0/s1. The first kappa shape index (κ1) is 26.6. The summed E-state index contributed by atoms with van der Waals surface area (Å²) in [4.78, 5) is 30.1. The summed E-state index contributed by atoms with van der Waals surface area (Å²) < 4.78 is 18.6. The van der Waals surface area contributed by atoms with E-state index in [-0.39, 0.29) is 28.9 Å². The summed E-state index contributed by atoms with van der Waals surface area (Å²) in [6.45, 7) is 7.93. The van der Waals surface area contributed by atoms with Crippen molar-refractivity contribution in [2.75, 3.05) is 25.5 Å². The lowest BCUT2D eigenvalue weighted by atomic mass is 9.95. The van der Waals surface area contributed by atoms with Crippen molar-refractivity contribution >= 4 is 29.0 Å². The molecule has 2 aromatic heterocycles. The molecule has 3 heterocycles. The van der Waals surface area contributed by atoms with E-state index in [1.165, 1.54) is 6.07 Å². The Kier molecular flexibility index (Phi) is 6.78. The number of rotatable bonds is 8. The minimum Gasteiger partial charge on any atom is -0.389 e. The number of aliphatic hydroxyl groups is 1. The monoisotopic (exact) mass is 533 g/mol. The summed E-state index contributed by atoms with van der Waals surface area (Å²) in [6.07, 6.45) is 5.03. The fourth-order valence-corrected chi connectivity index (χ4v) is 5.44. The number of fused-ring (bicyclic) bond motifs is 1. The summed E-state index contributed by atoms with van der Waals surface area (Å²) >= 11 is 0. The third kappa shape index (κ3) is 5.05. The minimum atomic E-state index is -1.07. The van der Waals surface area contributed by atoms with Gasteiger partial charge in [0.15, 0.2) is 5.69 Å². The molecule has 0 radical (unpaired) electrons. The normalized spacial score (nSPS) is 19.6. The highest BCUT2D eigenvalue weighted by Gasteiger charge is 2.42. The van der Waals surface area contributed by atoms with Gasteiger partial charge in [0.1, 0.15) is 23.5 Å². The predicted octanol–water partition coefficient (Wildman–Crippen LogP) is 2.39. The van der Waals surface area contributed by atoms with Crippen LogP contribution in [0.4, 0.5) is 10.2 Å². The molecule has 10 nitrogen and oxygen atoms in total. The number of aldehydes is 1. The second kappa shape index (κ2) is 9.94. The van der Waals surface area contributed by atoms with Gasteiger partial charge in [-0.05, 0) is 50.7 Å². The van der Waals surface area contributed by atoms with E-state index in [0.29, 0.717) is 48.7 Å². The number of aromatic nitrogens is 4. The second-order valence-corrected chi connectivity index (χ2v) is 10.8. The summed E-state index contributed by atoms with van der Waals surface area (Å²) in [5, 5.41) is 18.4. The first-order chi connectivity index (χ1) is 18.5. The largest absolute Gasteiger partial charge is 0.389 e. The van der Waals surface area contributed by atoms with E-state index in [1.807, 2.05) is 9.47 Å². The van der Waals surface area contributed by atoms with Crippen molar-refractivity contribution in [1.29, 1.82) is 0 Å². The lowest BCUT2D eigenvalue weighted by Crippen LogP contribution is -2.46. The Morgan fingerprint density at radius 2 is 2.08 bits per heavy atom. The van der Waals surface area contributed by atoms with E-state index < -0.39 is 17.3 Å². The lowest BCUT2D eigenvalue weighted by molar-refractivity contribution is -0.105. The van der Waals surface area contributed by atoms with Crippen LogP contribution in [0.25, 0.3) is 11.0 Å². The average Bonchev–Trinajstić information content (AvgIpc) is 3.32. The number of hydrogen-bond acceptors (Lipinski definition) is 7. The third-order valence-electron chi connectivity index (χ3n) is 7.43. The number of primary amides is 1. The van der Waals surface area contributed by atoms with Gasteiger partial charge < -0.3 is 20.7 Å². The number of likely N-dealkylation sites (tertiary alicyclic amines) is 1. The number of carbonyl (C=O) groups is 2. The number of benzene rings is 1. The Morgan fingerprint density at radius 3 is 2.69 bits per heavy atom. The predicted molar refractivity (Wildman–Crippen MR) is 145 cm³/mol. The van der Waals surface area contributed by atoms with Crippen LogP contribution < -0.4 is 11.1 Å². The zero-order valence-corrected chi connectivity index (χ0v) is 22.2. The van der Waals surface area contributed by atoms with Crippen LogP contribution in [0.1, 0.15) is 66.8 Å². The fourth-order valence-electron chi connectivity index (χ4n) is 5.44. The van der Waals surface area contributed by atoms with Gasteiger partial charge in [-0.1, -0.05) is 12.5 Å². The number of nitrogens with two attached hydrogens (primary N) is 1. The molecule has 1 amide bonds. The number of nitrogens with one attached hydrogen (secondary N) is 1. The van der Waals surface area contributed by atoms with E-state index in [9.17, 15) is 14.7 Å². The number of imidazole rings is 1. The molecular weight excluding hydrogens is 501 g/mol. The average molecular weight is 534 g/mol. The smallest absolute Gasteiger partial charge is 0.255 e. The van der Waals surface area contributed by atoms with E-state index in [0.717, 1.165) is 18.4 Å². The van der Waals surface area contributed by atoms with E-state index in [2.05, 4.69) is 33.8 Å². The molecule has 1 aliphatic heterocycles. The summed E-state index contributed by atoms with van der Waals surface area (Å²) in [5.41, 5.74) is 6.78. The summed E-state index contributed by atoms with van der Waals surface area (Å²) in [7, 11) is 1.65. The summed E-state index contributed by atoms with van der Waals surface area (Å²) in [5.74, 6) is 4.83. The second-order valence-electron chi connectivity index (χ2n) is 10.8. The number of nitrogens with zero attached hydrogens (tertiary/aromatic N) is 5. The topological polar surface area (TPSA) is 131 Å². The molecular formula is C28H32FN7O3. The molecule has 1 aliphatic carbocycles. The molecule has 1 aromatic carbocycles. The number of hydrogen-bond donors (Lipinski definition) is 3. The molecule has 0 spiro atoms. The molecule has 5 rings (SSSR count). The van der Waals surface area contributed by atoms with Crippen LogP contribution in [0.3, 0.4) is 0 Å². The van der Waals surface area contributed by atoms with Crippen molar-refractivity contribution in [2.24, 2.45) is 5.73 Å². The molecule has 204 valence electrons. The fraction of sp³-hybridized carbons (Fsp3) is 0.429. The molecule has 0 unspecified atom stereocenters. The molecule has 3 aromatic rings. The Balaban J connectivity index is 1.51. The molecule has 2 atom stereocenters. The Morgan fingerprint density at radius 1 is 1.33 bits per heavy atom. The maximum absolute atomic E-state index is 15.0. The highest BCUT2D eigenvalue weighted by Crippen LogP contribution is 2.38. The van der Waals surface area contributed by atoms with Gasteiger partial charge >= 0.3 is 0 Å². The molecule has 39 heavy (non-hydrogen) atoms. The van der Waals surface area contributed by atoms with Crippen LogP contribution in [0.15, 0.2) is 30.6 Å². The van der Waals surface area contributed by atoms with Crippen molar-refractivity contribution in [3.05, 3.63) is 53.3 Å². The van der Waals surface area contributed by atoms with E-state index in [1.54, 1.807) is 38.0 Å². The Labute approximate surface area is 225 Å². The van der Waals surface area contributed by atoms with E-state index >= 15 is 4.39 Å². The first-order valence-electron chi connectivity index (χ1n) is 12.9. The van der Waals surface area contributed by atoms with Gasteiger partial charge in [0.25, 0.3) is 5.91 Å². The van der Waals surface area contributed by atoms with Gasteiger partial charge in [0, 0.05) is 38.3 Å². The molecule has 0 bridgehead atoms. The number of amides is 1. The number of anilines is 1. The summed E-state index contributed by atoms with van der Waals surface area (Å²) in [6, 6.07) is 2.84. The molecule has 2 aliphatic rings. The molecule has 1 saturated heterocycles. The van der Waals surface area contributed by atoms with Gasteiger partial charge in [-0.3, -0.25) is 14.5 Å². The van der Waals surface area contributed by atoms with Crippen molar-refractivity contribution in [2.45, 2.75) is 56.8 Å². The number of halogens is 1. The first-order valence-corrected chi connectivity index (χ1v) is 12.9. The van der Waals surface area contributed by atoms with Gasteiger partial charge in [-0.2, -0.15) is 5.10 Å². The maximum Gasteiger partial charge on any atom is 0.255 e. The van der Waals surface area contributed by atoms with Crippen LogP contribution in [-0.2, 0) is 4.79 Å². The van der Waals surface area contributed by atoms with Crippen molar-refractivity contribution < 1.29 is 19.1 Å². The quantitative estimate of drug-likeness (QED) is 0.230. The Bertz CT molecular complexity index is 1530. The van der Waals surface area contributed by atoms with Gasteiger partial charge in [0.2, 0.25) is 0 Å². The molecule has 11 heteroatoms. The molecule has 1 saturated carbocycles. The number of carbonyl (C=O) groups excluding carboxylic acids is 2. The van der Waals surface area contributed by atoms with Gasteiger partial charge in [0.05, 0.1) is 34.6 Å². The van der Waals surface area contributed by atoms with Crippen molar-refractivity contribution in [3.8, 4) is 11.8 Å². The maximum atomic E-state index is 15.0. The van der Waals surface area contributed by atoms with Crippen LogP contribution in [0.2, 0.25) is 0 Å². The van der Waals surface area contributed by atoms with E-state index in [4.69, 9.17) is 5.73 Å². The molecule has 2 fully saturated rings. The SMILES string of the molecule is C=C(C=O)CN1C[C@@H](n2nc(C#Cc3cc4ncn(C5CC5)c4cc3F)c(C(N)=O)c2NC)C[C@@H]1C(C)(C)O. The van der Waals surface area contributed by atoms with Crippen LogP contribution in [0.5, 0.6) is 0 Å². The zero-order valence-electron chi connectivity index (χ0n) is 22.2. The van der Waals surface area contributed by atoms with Crippen LogP contribution in [-0.4, -0.2) is 73.3 Å². The molecule has 4 N–H and O–H groups in total. The van der Waals surface area contributed by atoms with Crippen molar-refractivity contribution in [1.82, 2.24) is 24.2 Å². The van der Waals surface area contributed by atoms with Crippen LogP contribution >= 0.6 is 0 Å². The Hall–Kier alpha value is -4.01. The van der Waals surface area contributed by atoms with Crippen LogP contribution in [0, 0.1) is 17.7 Å².